The summed E-state index contributed by atoms with van der Waals surface area (Å²) in [5.74, 6) is 0. The molecule has 0 fully saturated rings. The Balaban J connectivity index is 2.06. The Morgan fingerprint density at radius 1 is 1.32 bits per heavy atom. The summed E-state index contributed by atoms with van der Waals surface area (Å²) >= 11 is 1.09. The molecular weight excluding hydrogens is 417 g/mol. The van der Waals surface area contributed by atoms with E-state index in [-0.39, 0.29) is 16.5 Å². The summed E-state index contributed by atoms with van der Waals surface area (Å²) in [4.78, 5) is 2.02. The number of nitrogens with zero attached hydrogens (tertiary/aromatic N) is 5. The molecule has 0 amide bonds. The highest BCUT2D eigenvalue weighted by molar-refractivity contribution is 7.93. The van der Waals surface area contributed by atoms with E-state index in [1.807, 2.05) is 11.8 Å². The molecule has 13 heteroatoms. The fraction of sp³-hybridized carbons (Fsp3) is 0.467. The van der Waals surface area contributed by atoms with Gasteiger partial charge in [0, 0.05) is 18.8 Å². The van der Waals surface area contributed by atoms with Crippen LogP contribution in [0.25, 0.3) is 0 Å². The van der Waals surface area contributed by atoms with E-state index in [1.54, 1.807) is 10.8 Å². The number of hydrogen-bond acceptors (Lipinski definition) is 8. The largest absolute Gasteiger partial charge is 0.516 e. The molecule has 1 aliphatic heterocycles. The van der Waals surface area contributed by atoms with E-state index in [9.17, 15) is 21.6 Å². The maximum Gasteiger partial charge on any atom is 0.516 e. The lowest BCUT2D eigenvalue weighted by molar-refractivity contribution is -0.0429. The van der Waals surface area contributed by atoms with Crippen molar-refractivity contribution in [2.75, 3.05) is 22.7 Å². The Bertz CT molecular complexity index is 961. The SMILES string of the molecule is CCCN1CCCc2cc(N=Nc3nncs3)c(NS(=O)(=O)C(F)(F)F)cc21. The zero-order valence-corrected chi connectivity index (χ0v) is 16.4. The molecule has 0 saturated carbocycles. The molecule has 1 aromatic carbocycles. The third kappa shape index (κ3) is 4.41. The highest BCUT2D eigenvalue weighted by atomic mass is 32.2. The number of benzene rings is 1. The van der Waals surface area contributed by atoms with Gasteiger partial charge in [0.05, 0.1) is 5.69 Å². The van der Waals surface area contributed by atoms with Gasteiger partial charge in [-0.05, 0) is 37.0 Å². The van der Waals surface area contributed by atoms with Gasteiger partial charge in [-0.1, -0.05) is 18.3 Å². The van der Waals surface area contributed by atoms with Gasteiger partial charge in [0.1, 0.15) is 11.2 Å². The van der Waals surface area contributed by atoms with Crippen LogP contribution in [0.3, 0.4) is 0 Å². The molecule has 2 heterocycles. The van der Waals surface area contributed by atoms with E-state index in [4.69, 9.17) is 0 Å². The van der Waals surface area contributed by atoms with Crippen molar-refractivity contribution >= 4 is 43.6 Å². The Hall–Kier alpha value is -2.28. The van der Waals surface area contributed by atoms with E-state index >= 15 is 0 Å². The second-order valence-electron chi connectivity index (χ2n) is 6.06. The van der Waals surface area contributed by atoms with Crippen molar-refractivity contribution in [3.05, 3.63) is 23.2 Å². The Labute approximate surface area is 163 Å². The number of anilines is 2. The fourth-order valence-electron chi connectivity index (χ4n) is 2.87. The summed E-state index contributed by atoms with van der Waals surface area (Å²) in [6.45, 7) is 3.45. The lowest BCUT2D eigenvalue weighted by atomic mass is 10.00. The van der Waals surface area contributed by atoms with Crippen LogP contribution in [0.5, 0.6) is 0 Å². The average molecular weight is 434 g/mol. The van der Waals surface area contributed by atoms with Crippen LogP contribution < -0.4 is 9.62 Å². The Kier molecular flexibility index (Phi) is 5.84. The zero-order chi connectivity index (χ0) is 20.4. The molecule has 1 aromatic heterocycles. The van der Waals surface area contributed by atoms with Crippen LogP contribution >= 0.6 is 11.3 Å². The number of aryl methyl sites for hydroxylation is 1. The monoisotopic (exact) mass is 434 g/mol. The summed E-state index contributed by atoms with van der Waals surface area (Å²) in [7, 11) is -5.60. The van der Waals surface area contributed by atoms with Crippen LogP contribution in [0.1, 0.15) is 25.3 Å². The number of azo groups is 1. The topological polar surface area (TPSA) is 99.9 Å². The van der Waals surface area contributed by atoms with Crippen LogP contribution in [0.15, 0.2) is 27.9 Å². The normalized spacial score (nSPS) is 15.1. The smallest absolute Gasteiger partial charge is 0.371 e. The lowest BCUT2D eigenvalue weighted by Crippen LogP contribution is -2.31. The van der Waals surface area contributed by atoms with Gasteiger partial charge in [-0.3, -0.25) is 4.72 Å². The molecule has 0 atom stereocenters. The van der Waals surface area contributed by atoms with E-state index in [1.165, 1.54) is 11.6 Å². The van der Waals surface area contributed by atoms with Gasteiger partial charge in [-0.25, -0.2) is 0 Å². The second-order valence-corrected chi connectivity index (χ2v) is 8.55. The highest BCUT2D eigenvalue weighted by Gasteiger charge is 2.46. The van der Waals surface area contributed by atoms with Crippen molar-refractivity contribution < 1.29 is 21.6 Å². The average Bonchev–Trinajstić information content (AvgIpc) is 3.13. The molecule has 0 unspecified atom stereocenters. The number of rotatable bonds is 6. The number of fused-ring (bicyclic) bond motifs is 1. The third-order valence-corrected chi connectivity index (χ3v) is 5.72. The van der Waals surface area contributed by atoms with Gasteiger partial charge < -0.3 is 4.90 Å². The molecule has 0 aliphatic carbocycles. The highest BCUT2D eigenvalue weighted by Crippen LogP contribution is 2.39. The molecule has 8 nitrogen and oxygen atoms in total. The molecule has 0 saturated heterocycles. The number of hydrogen-bond donors (Lipinski definition) is 1. The quantitative estimate of drug-likeness (QED) is 0.680. The van der Waals surface area contributed by atoms with Crippen molar-refractivity contribution in [1.29, 1.82) is 0 Å². The van der Waals surface area contributed by atoms with E-state index in [2.05, 4.69) is 20.4 Å². The van der Waals surface area contributed by atoms with Crippen molar-refractivity contribution in [2.24, 2.45) is 10.2 Å². The Morgan fingerprint density at radius 2 is 2.11 bits per heavy atom. The molecule has 0 spiro atoms. The zero-order valence-electron chi connectivity index (χ0n) is 14.8. The van der Waals surface area contributed by atoms with Crippen LogP contribution in [0.2, 0.25) is 0 Å². The number of alkyl halides is 3. The maximum atomic E-state index is 12.9. The molecule has 1 N–H and O–H groups in total. The van der Waals surface area contributed by atoms with Gasteiger partial charge in [-0.2, -0.15) is 21.6 Å². The first-order valence-electron chi connectivity index (χ1n) is 8.40. The van der Waals surface area contributed by atoms with Gasteiger partial charge in [0.25, 0.3) is 5.13 Å². The van der Waals surface area contributed by atoms with Crippen LogP contribution in [-0.4, -0.2) is 37.2 Å². The summed E-state index contributed by atoms with van der Waals surface area (Å²) < 4.78 is 63.5. The number of aromatic nitrogens is 2. The van der Waals surface area contributed by atoms with E-state index in [0.29, 0.717) is 18.7 Å². The van der Waals surface area contributed by atoms with E-state index < -0.39 is 15.5 Å². The molecule has 0 radical (unpaired) electrons. The molecule has 1 aliphatic rings. The summed E-state index contributed by atoms with van der Waals surface area (Å²) in [6.07, 6.45) is 2.44. The maximum absolute atomic E-state index is 12.9. The summed E-state index contributed by atoms with van der Waals surface area (Å²) in [5.41, 5.74) is -2.74. The Morgan fingerprint density at radius 3 is 2.75 bits per heavy atom. The number of nitrogens with one attached hydrogen (secondary N) is 1. The van der Waals surface area contributed by atoms with E-state index in [0.717, 1.165) is 36.3 Å². The first kappa shape index (κ1) is 20.5. The van der Waals surface area contributed by atoms with Crippen molar-refractivity contribution in [2.45, 2.75) is 31.7 Å². The minimum Gasteiger partial charge on any atom is -0.371 e. The van der Waals surface area contributed by atoms with Gasteiger partial charge in [-0.15, -0.1) is 20.4 Å². The first-order valence-corrected chi connectivity index (χ1v) is 10.8. The predicted molar refractivity (Wildman–Crippen MR) is 99.9 cm³/mol. The number of halogens is 3. The molecule has 2 aromatic rings. The molecule has 152 valence electrons. The molecule has 0 bridgehead atoms. The van der Waals surface area contributed by atoms with Gasteiger partial charge in [0.15, 0.2) is 0 Å². The fourth-order valence-corrected chi connectivity index (χ4v) is 3.81. The molecule has 3 rings (SSSR count). The standard InChI is InChI=1S/C15H17F3N6O2S2/c1-2-5-24-6-3-4-10-7-11(20-22-14-21-19-9-27-14)12(8-13(10)24)23-28(25,26)15(16,17)18/h7-9,23H,2-6H2,1H3. The number of sulfonamides is 1. The summed E-state index contributed by atoms with van der Waals surface area (Å²) in [5, 5.41) is 15.2. The van der Waals surface area contributed by atoms with Crippen molar-refractivity contribution in [1.82, 2.24) is 10.2 Å². The van der Waals surface area contributed by atoms with Crippen LogP contribution in [0.4, 0.5) is 35.4 Å². The molecular formula is C15H17F3N6O2S2. The van der Waals surface area contributed by atoms with Crippen molar-refractivity contribution in [3.8, 4) is 0 Å². The summed E-state index contributed by atoms with van der Waals surface area (Å²) in [6, 6.07) is 2.96. The van der Waals surface area contributed by atoms with Crippen LogP contribution in [-0.2, 0) is 16.4 Å². The minimum atomic E-state index is -5.60. The predicted octanol–water partition coefficient (Wildman–Crippen LogP) is 4.38. The van der Waals surface area contributed by atoms with Crippen LogP contribution in [0, 0.1) is 0 Å². The second kappa shape index (κ2) is 7.99. The molecule has 28 heavy (non-hydrogen) atoms. The van der Waals surface area contributed by atoms with Crippen molar-refractivity contribution in [3.63, 3.8) is 0 Å². The van der Waals surface area contributed by atoms with Gasteiger partial charge >= 0.3 is 15.5 Å². The lowest BCUT2D eigenvalue weighted by Gasteiger charge is -2.32. The minimum absolute atomic E-state index is 0.0138. The third-order valence-electron chi connectivity index (χ3n) is 4.05. The first-order chi connectivity index (χ1) is 13.2. The van der Waals surface area contributed by atoms with Gasteiger partial charge in [0.2, 0.25) is 0 Å².